The van der Waals surface area contributed by atoms with Crippen molar-refractivity contribution in [3.63, 3.8) is 0 Å². The Morgan fingerprint density at radius 1 is 1.07 bits per heavy atom. The van der Waals surface area contributed by atoms with Crippen molar-refractivity contribution in [2.45, 2.75) is 33.6 Å². The highest BCUT2D eigenvalue weighted by Crippen LogP contribution is 2.15. The van der Waals surface area contributed by atoms with E-state index in [1.807, 2.05) is 45.0 Å². The summed E-state index contributed by atoms with van der Waals surface area (Å²) < 4.78 is 10.8. The SMILES string of the molecule is Cc1ccc(OCCCNC(=O)N2CCN(C(=O)Cc3c(C)noc3C)CC2)cc1. The van der Waals surface area contributed by atoms with Crippen molar-refractivity contribution in [1.29, 1.82) is 0 Å². The first kappa shape index (κ1) is 21.7. The molecule has 2 heterocycles. The van der Waals surface area contributed by atoms with Gasteiger partial charge in [0.2, 0.25) is 5.91 Å². The van der Waals surface area contributed by atoms with E-state index in [4.69, 9.17) is 9.26 Å². The molecule has 2 aromatic rings. The predicted molar refractivity (Wildman–Crippen MR) is 113 cm³/mol. The second-order valence-electron chi connectivity index (χ2n) is 7.59. The fourth-order valence-corrected chi connectivity index (χ4v) is 3.38. The van der Waals surface area contributed by atoms with Gasteiger partial charge in [0.05, 0.1) is 18.7 Å². The summed E-state index contributed by atoms with van der Waals surface area (Å²) in [5.41, 5.74) is 2.80. The number of hydrogen-bond donors (Lipinski definition) is 1. The van der Waals surface area contributed by atoms with E-state index in [0.717, 1.165) is 23.4 Å². The highest BCUT2D eigenvalue weighted by Gasteiger charge is 2.25. The number of nitrogens with zero attached hydrogens (tertiary/aromatic N) is 3. The number of piperazine rings is 1. The molecule has 1 aliphatic heterocycles. The Balaban J connectivity index is 1.32. The van der Waals surface area contributed by atoms with Crippen molar-refractivity contribution in [2.75, 3.05) is 39.3 Å². The molecule has 30 heavy (non-hydrogen) atoms. The number of ether oxygens (including phenoxy) is 1. The standard InChI is InChI=1S/C22H30N4O4/c1-16-5-7-19(8-6-16)29-14-4-9-23-22(28)26-12-10-25(11-13-26)21(27)15-20-17(2)24-30-18(20)3/h5-8H,4,9-15H2,1-3H3,(H,23,28). The molecule has 0 atom stereocenters. The van der Waals surface area contributed by atoms with Crippen LogP contribution >= 0.6 is 0 Å². The van der Waals surface area contributed by atoms with Crippen LogP contribution in [0.15, 0.2) is 28.8 Å². The van der Waals surface area contributed by atoms with Crippen molar-refractivity contribution >= 4 is 11.9 Å². The molecule has 3 rings (SSSR count). The fraction of sp³-hybridized carbons (Fsp3) is 0.500. The molecule has 0 aliphatic carbocycles. The van der Waals surface area contributed by atoms with Gasteiger partial charge >= 0.3 is 6.03 Å². The second-order valence-corrected chi connectivity index (χ2v) is 7.59. The summed E-state index contributed by atoms with van der Waals surface area (Å²) in [6, 6.07) is 7.82. The van der Waals surface area contributed by atoms with E-state index < -0.39 is 0 Å². The monoisotopic (exact) mass is 414 g/mol. The molecular weight excluding hydrogens is 384 g/mol. The highest BCUT2D eigenvalue weighted by molar-refractivity contribution is 5.80. The van der Waals surface area contributed by atoms with E-state index in [2.05, 4.69) is 10.5 Å². The van der Waals surface area contributed by atoms with E-state index in [1.165, 1.54) is 5.56 Å². The minimum Gasteiger partial charge on any atom is -0.494 e. The third-order valence-electron chi connectivity index (χ3n) is 5.32. The lowest BCUT2D eigenvalue weighted by molar-refractivity contribution is -0.131. The van der Waals surface area contributed by atoms with Gasteiger partial charge < -0.3 is 24.4 Å². The number of aryl methyl sites for hydroxylation is 3. The van der Waals surface area contributed by atoms with Crippen LogP contribution in [0.25, 0.3) is 0 Å². The Labute approximate surface area is 177 Å². The number of nitrogens with one attached hydrogen (secondary N) is 1. The number of amides is 3. The maximum absolute atomic E-state index is 12.5. The summed E-state index contributed by atoms with van der Waals surface area (Å²) in [7, 11) is 0. The van der Waals surface area contributed by atoms with E-state index in [0.29, 0.717) is 45.1 Å². The number of benzene rings is 1. The first-order chi connectivity index (χ1) is 14.4. The number of carbonyl (C=O) groups excluding carboxylic acids is 2. The lowest BCUT2D eigenvalue weighted by Crippen LogP contribution is -2.53. The van der Waals surface area contributed by atoms with Crippen molar-refractivity contribution in [1.82, 2.24) is 20.3 Å². The molecular formula is C22H30N4O4. The number of hydrogen-bond acceptors (Lipinski definition) is 5. The van der Waals surface area contributed by atoms with Gasteiger partial charge in [-0.15, -0.1) is 0 Å². The van der Waals surface area contributed by atoms with Gasteiger partial charge in [0.25, 0.3) is 0 Å². The van der Waals surface area contributed by atoms with Crippen LogP contribution in [0.5, 0.6) is 5.75 Å². The van der Waals surface area contributed by atoms with Crippen LogP contribution in [0.3, 0.4) is 0 Å². The molecule has 1 fully saturated rings. The van der Waals surface area contributed by atoms with Gasteiger partial charge in [0.15, 0.2) is 0 Å². The van der Waals surface area contributed by atoms with Crippen molar-refractivity contribution in [3.05, 3.63) is 46.8 Å². The predicted octanol–water partition coefficient (Wildman–Crippen LogP) is 2.47. The Bertz CT molecular complexity index is 835. The van der Waals surface area contributed by atoms with Gasteiger partial charge in [-0.25, -0.2) is 4.79 Å². The van der Waals surface area contributed by atoms with E-state index in [1.54, 1.807) is 9.80 Å². The summed E-state index contributed by atoms with van der Waals surface area (Å²) in [5, 5.41) is 6.82. The molecule has 0 bridgehead atoms. The lowest BCUT2D eigenvalue weighted by Gasteiger charge is -2.34. The Morgan fingerprint density at radius 3 is 2.37 bits per heavy atom. The maximum Gasteiger partial charge on any atom is 0.317 e. The zero-order valence-electron chi connectivity index (χ0n) is 17.9. The largest absolute Gasteiger partial charge is 0.494 e. The van der Waals surface area contributed by atoms with Gasteiger partial charge in [-0.3, -0.25) is 4.79 Å². The molecule has 8 nitrogen and oxygen atoms in total. The van der Waals surface area contributed by atoms with Crippen LogP contribution in [-0.4, -0.2) is 66.2 Å². The van der Waals surface area contributed by atoms with Crippen LogP contribution in [0, 0.1) is 20.8 Å². The van der Waals surface area contributed by atoms with Crippen LogP contribution in [-0.2, 0) is 11.2 Å². The molecule has 0 radical (unpaired) electrons. The van der Waals surface area contributed by atoms with Crippen LogP contribution in [0.4, 0.5) is 4.79 Å². The zero-order chi connectivity index (χ0) is 21.5. The summed E-state index contributed by atoms with van der Waals surface area (Å²) in [4.78, 5) is 28.4. The molecule has 1 saturated heterocycles. The first-order valence-electron chi connectivity index (χ1n) is 10.4. The molecule has 1 aromatic carbocycles. The summed E-state index contributed by atoms with van der Waals surface area (Å²) >= 11 is 0. The van der Waals surface area contributed by atoms with Gasteiger partial charge in [-0.05, 0) is 39.3 Å². The lowest BCUT2D eigenvalue weighted by atomic mass is 10.1. The molecule has 1 aliphatic rings. The van der Waals surface area contributed by atoms with E-state index in [-0.39, 0.29) is 18.4 Å². The van der Waals surface area contributed by atoms with Crippen molar-refractivity contribution < 1.29 is 18.8 Å². The van der Waals surface area contributed by atoms with Crippen LogP contribution in [0.2, 0.25) is 0 Å². The van der Waals surface area contributed by atoms with E-state index in [9.17, 15) is 9.59 Å². The van der Waals surface area contributed by atoms with Gasteiger partial charge in [-0.2, -0.15) is 0 Å². The Kier molecular flexibility index (Phi) is 7.32. The van der Waals surface area contributed by atoms with Gasteiger partial charge in [0, 0.05) is 38.3 Å². The Morgan fingerprint density at radius 2 is 1.73 bits per heavy atom. The number of urea groups is 1. The number of rotatable bonds is 7. The molecule has 3 amide bonds. The molecule has 162 valence electrons. The zero-order valence-corrected chi connectivity index (χ0v) is 17.9. The third-order valence-corrected chi connectivity index (χ3v) is 5.32. The summed E-state index contributed by atoms with van der Waals surface area (Å²) in [6.45, 7) is 8.91. The normalized spacial score (nSPS) is 14.0. The summed E-state index contributed by atoms with van der Waals surface area (Å²) in [6.07, 6.45) is 1.02. The van der Waals surface area contributed by atoms with Crippen molar-refractivity contribution in [2.24, 2.45) is 0 Å². The molecule has 8 heteroatoms. The van der Waals surface area contributed by atoms with Gasteiger partial charge in [-0.1, -0.05) is 22.9 Å². The minimum absolute atomic E-state index is 0.0395. The topological polar surface area (TPSA) is 87.9 Å². The molecule has 1 aromatic heterocycles. The number of aromatic nitrogens is 1. The average molecular weight is 415 g/mol. The quantitative estimate of drug-likeness (QED) is 0.703. The maximum atomic E-state index is 12.5. The number of carbonyl (C=O) groups is 2. The van der Waals surface area contributed by atoms with Crippen molar-refractivity contribution in [3.8, 4) is 5.75 Å². The smallest absolute Gasteiger partial charge is 0.317 e. The minimum atomic E-state index is -0.0943. The molecule has 0 saturated carbocycles. The summed E-state index contributed by atoms with van der Waals surface area (Å²) in [5.74, 6) is 1.56. The molecule has 0 spiro atoms. The Hall–Kier alpha value is -3.03. The molecule has 0 unspecified atom stereocenters. The van der Waals surface area contributed by atoms with Gasteiger partial charge in [0.1, 0.15) is 11.5 Å². The highest BCUT2D eigenvalue weighted by atomic mass is 16.5. The van der Waals surface area contributed by atoms with Crippen LogP contribution < -0.4 is 10.1 Å². The second kappa shape index (κ2) is 10.1. The fourth-order valence-electron chi connectivity index (χ4n) is 3.38. The first-order valence-corrected chi connectivity index (χ1v) is 10.4. The van der Waals surface area contributed by atoms with Crippen LogP contribution in [0.1, 0.15) is 29.0 Å². The average Bonchev–Trinajstić information content (AvgIpc) is 3.06. The molecule has 1 N–H and O–H groups in total. The third kappa shape index (κ3) is 5.75. The van der Waals surface area contributed by atoms with E-state index >= 15 is 0 Å².